The van der Waals surface area contributed by atoms with E-state index in [0.717, 1.165) is 32.8 Å². The minimum Gasteiger partial charge on any atom is -0.495 e. The maximum atomic E-state index is 13.3. The highest BCUT2D eigenvalue weighted by atomic mass is 35.5. The summed E-state index contributed by atoms with van der Waals surface area (Å²) in [5.41, 5.74) is 1.93. The molecule has 2 heterocycles. The second-order valence-electron chi connectivity index (χ2n) is 7.66. The number of imide groups is 1. The van der Waals surface area contributed by atoms with E-state index in [-0.39, 0.29) is 17.5 Å². The number of carbonyl (C=O) groups is 2. The SMILES string of the molecule is COc1ccc(NC2=C(c3ccccc3)C(=O)N(CCCN3CCOCC3)C2=O)cc1Cl. The lowest BCUT2D eigenvalue weighted by Crippen LogP contribution is -2.39. The molecule has 2 aliphatic rings. The van der Waals surface area contributed by atoms with Gasteiger partial charge in [0.15, 0.2) is 0 Å². The van der Waals surface area contributed by atoms with Crippen LogP contribution in [0.25, 0.3) is 5.57 Å². The molecule has 0 aliphatic carbocycles. The molecule has 0 bridgehead atoms. The lowest BCUT2D eigenvalue weighted by atomic mass is 10.0. The summed E-state index contributed by atoms with van der Waals surface area (Å²) in [6.07, 6.45) is 0.710. The molecule has 0 saturated carbocycles. The summed E-state index contributed by atoms with van der Waals surface area (Å²) in [7, 11) is 1.54. The van der Waals surface area contributed by atoms with Crippen molar-refractivity contribution < 1.29 is 19.1 Å². The average molecular weight is 456 g/mol. The number of halogens is 1. The van der Waals surface area contributed by atoms with E-state index in [2.05, 4.69) is 10.2 Å². The number of carbonyl (C=O) groups excluding carboxylic acids is 2. The Kier molecular flexibility index (Phi) is 7.09. The summed E-state index contributed by atoms with van der Waals surface area (Å²) in [5, 5.41) is 3.55. The highest BCUT2D eigenvalue weighted by Crippen LogP contribution is 2.33. The van der Waals surface area contributed by atoms with Crippen LogP contribution in [0.4, 0.5) is 5.69 Å². The highest BCUT2D eigenvalue weighted by molar-refractivity contribution is 6.36. The smallest absolute Gasteiger partial charge is 0.278 e. The first-order valence-corrected chi connectivity index (χ1v) is 11.0. The molecule has 2 aromatic carbocycles. The largest absolute Gasteiger partial charge is 0.495 e. The Balaban J connectivity index is 1.55. The van der Waals surface area contributed by atoms with Gasteiger partial charge in [-0.3, -0.25) is 19.4 Å². The van der Waals surface area contributed by atoms with Crippen LogP contribution in [0.15, 0.2) is 54.2 Å². The molecule has 2 aromatic rings. The predicted molar refractivity (Wildman–Crippen MR) is 124 cm³/mol. The first-order valence-electron chi connectivity index (χ1n) is 10.6. The van der Waals surface area contributed by atoms with Gasteiger partial charge in [0.05, 0.1) is 30.9 Å². The third-order valence-corrected chi connectivity index (χ3v) is 5.91. The lowest BCUT2D eigenvalue weighted by Gasteiger charge is -2.27. The number of morpholine rings is 1. The number of hydrogen-bond donors (Lipinski definition) is 1. The van der Waals surface area contributed by atoms with Crippen molar-refractivity contribution in [1.29, 1.82) is 0 Å². The van der Waals surface area contributed by atoms with Gasteiger partial charge in [-0.2, -0.15) is 0 Å². The summed E-state index contributed by atoms with van der Waals surface area (Å²) >= 11 is 6.25. The van der Waals surface area contributed by atoms with Gasteiger partial charge in [-0.05, 0) is 30.2 Å². The summed E-state index contributed by atoms with van der Waals surface area (Å²) in [6.45, 7) is 4.37. The molecule has 0 atom stereocenters. The van der Waals surface area contributed by atoms with Crippen molar-refractivity contribution in [3.8, 4) is 5.75 Å². The average Bonchev–Trinajstić information content (AvgIpc) is 3.04. The van der Waals surface area contributed by atoms with Crippen LogP contribution < -0.4 is 10.1 Å². The van der Waals surface area contributed by atoms with Gasteiger partial charge >= 0.3 is 0 Å². The third kappa shape index (κ3) is 4.80. The Morgan fingerprint density at radius 2 is 1.78 bits per heavy atom. The Bertz CT molecular complexity index is 1020. The Morgan fingerprint density at radius 3 is 2.47 bits per heavy atom. The number of hydrogen-bond acceptors (Lipinski definition) is 6. The summed E-state index contributed by atoms with van der Waals surface area (Å²) in [5.74, 6) is -0.0823. The van der Waals surface area contributed by atoms with Gasteiger partial charge < -0.3 is 14.8 Å². The zero-order chi connectivity index (χ0) is 22.5. The molecule has 1 fully saturated rings. The molecule has 0 radical (unpaired) electrons. The van der Waals surface area contributed by atoms with Gasteiger partial charge in [0, 0.05) is 31.9 Å². The van der Waals surface area contributed by atoms with Gasteiger partial charge in [0.2, 0.25) is 0 Å². The fraction of sp³-hybridized carbons (Fsp3) is 0.333. The van der Waals surface area contributed by atoms with Gasteiger partial charge in [0.25, 0.3) is 11.8 Å². The van der Waals surface area contributed by atoms with Crippen LogP contribution in [-0.4, -0.2) is 68.1 Å². The number of methoxy groups -OCH3 is 1. The molecule has 8 heteroatoms. The highest BCUT2D eigenvalue weighted by Gasteiger charge is 2.39. The molecule has 1 saturated heterocycles. The number of nitrogens with one attached hydrogen (secondary N) is 1. The minimum absolute atomic E-state index is 0.258. The molecule has 0 spiro atoms. The molecule has 2 amide bonds. The van der Waals surface area contributed by atoms with Crippen LogP contribution in [0.2, 0.25) is 5.02 Å². The van der Waals surface area contributed by atoms with Gasteiger partial charge in [0.1, 0.15) is 11.4 Å². The minimum atomic E-state index is -0.331. The van der Waals surface area contributed by atoms with Crippen LogP contribution in [0.5, 0.6) is 5.75 Å². The maximum Gasteiger partial charge on any atom is 0.278 e. The van der Waals surface area contributed by atoms with Gasteiger partial charge in [-0.25, -0.2) is 0 Å². The van der Waals surface area contributed by atoms with E-state index in [1.165, 1.54) is 12.0 Å². The van der Waals surface area contributed by atoms with Crippen molar-refractivity contribution in [1.82, 2.24) is 9.80 Å². The normalized spacial score (nSPS) is 17.2. The Hall–Kier alpha value is -2.87. The monoisotopic (exact) mass is 455 g/mol. The zero-order valence-electron chi connectivity index (χ0n) is 18.0. The summed E-state index contributed by atoms with van der Waals surface area (Å²) in [6, 6.07) is 14.4. The van der Waals surface area contributed by atoms with Crippen LogP contribution in [-0.2, 0) is 14.3 Å². The van der Waals surface area contributed by atoms with E-state index in [4.69, 9.17) is 21.1 Å². The topological polar surface area (TPSA) is 71.1 Å². The number of amides is 2. The predicted octanol–water partition coefficient (Wildman–Crippen LogP) is 3.26. The lowest BCUT2D eigenvalue weighted by molar-refractivity contribution is -0.136. The Labute approximate surface area is 192 Å². The molecular weight excluding hydrogens is 430 g/mol. The maximum absolute atomic E-state index is 13.3. The first kappa shape index (κ1) is 22.3. The Morgan fingerprint density at radius 1 is 1.03 bits per heavy atom. The van der Waals surface area contributed by atoms with E-state index in [1.807, 2.05) is 30.3 Å². The number of ether oxygens (including phenoxy) is 2. The summed E-state index contributed by atoms with van der Waals surface area (Å²) in [4.78, 5) is 30.2. The van der Waals surface area contributed by atoms with Crippen molar-refractivity contribution in [3.63, 3.8) is 0 Å². The molecule has 2 aliphatic heterocycles. The second-order valence-corrected chi connectivity index (χ2v) is 8.07. The van der Waals surface area contributed by atoms with Crippen LogP contribution in [0, 0.1) is 0 Å². The first-order chi connectivity index (χ1) is 15.6. The van der Waals surface area contributed by atoms with Crippen molar-refractivity contribution in [3.05, 3.63) is 64.8 Å². The van der Waals surface area contributed by atoms with E-state index < -0.39 is 0 Å². The van der Waals surface area contributed by atoms with E-state index in [0.29, 0.717) is 40.6 Å². The number of nitrogens with zero attached hydrogens (tertiary/aromatic N) is 2. The number of rotatable bonds is 8. The fourth-order valence-corrected chi connectivity index (χ4v) is 4.19. The van der Waals surface area contributed by atoms with Crippen LogP contribution in [0.3, 0.4) is 0 Å². The van der Waals surface area contributed by atoms with Crippen LogP contribution in [0.1, 0.15) is 12.0 Å². The standard InChI is InChI=1S/C24H26ClN3O4/c1-31-20-9-8-18(16-19(20)25)26-22-21(17-6-3-2-4-7-17)23(29)28(24(22)30)11-5-10-27-12-14-32-15-13-27/h2-4,6-9,16,26H,5,10-15H2,1H3. The third-order valence-electron chi connectivity index (χ3n) is 5.61. The fourth-order valence-electron chi connectivity index (χ4n) is 3.93. The molecule has 4 rings (SSSR count). The van der Waals surface area contributed by atoms with Crippen molar-refractivity contribution >= 4 is 34.7 Å². The quantitative estimate of drug-likeness (QED) is 0.616. The molecule has 1 N–H and O–H groups in total. The molecule has 7 nitrogen and oxygen atoms in total. The summed E-state index contributed by atoms with van der Waals surface area (Å²) < 4.78 is 10.6. The molecule has 32 heavy (non-hydrogen) atoms. The van der Waals surface area contributed by atoms with Crippen molar-refractivity contribution in [2.75, 3.05) is 51.8 Å². The van der Waals surface area contributed by atoms with Gasteiger partial charge in [-0.1, -0.05) is 41.9 Å². The van der Waals surface area contributed by atoms with Gasteiger partial charge in [-0.15, -0.1) is 0 Å². The molecular formula is C24H26ClN3O4. The molecule has 168 valence electrons. The van der Waals surface area contributed by atoms with E-state index >= 15 is 0 Å². The van der Waals surface area contributed by atoms with Crippen molar-refractivity contribution in [2.24, 2.45) is 0 Å². The van der Waals surface area contributed by atoms with Crippen molar-refractivity contribution in [2.45, 2.75) is 6.42 Å². The number of benzene rings is 2. The van der Waals surface area contributed by atoms with E-state index in [9.17, 15) is 9.59 Å². The second kappa shape index (κ2) is 10.2. The number of anilines is 1. The van der Waals surface area contributed by atoms with Crippen LogP contribution >= 0.6 is 11.6 Å². The molecule has 0 aromatic heterocycles. The zero-order valence-corrected chi connectivity index (χ0v) is 18.7. The molecule has 0 unspecified atom stereocenters. The van der Waals surface area contributed by atoms with E-state index in [1.54, 1.807) is 18.2 Å².